The Hall–Kier alpha value is -10.4. The molecule has 0 spiro atoms. The van der Waals surface area contributed by atoms with Crippen LogP contribution in [0.3, 0.4) is 0 Å². The van der Waals surface area contributed by atoms with Gasteiger partial charge in [0.05, 0.1) is 33.4 Å². The van der Waals surface area contributed by atoms with Gasteiger partial charge in [0.25, 0.3) is 27.8 Å². The molecule has 0 aliphatic carbocycles. The number of nitrogens with zero attached hydrogens (tertiary/aromatic N) is 1. The van der Waals surface area contributed by atoms with E-state index in [0.29, 0.717) is 70.2 Å². The van der Waals surface area contributed by atoms with Crippen LogP contribution in [0.1, 0.15) is 120 Å². The first-order valence-corrected chi connectivity index (χ1v) is 32.8. The molecule has 0 unspecified atom stereocenters. The maximum atomic E-state index is 14.0. The van der Waals surface area contributed by atoms with E-state index in [4.69, 9.17) is 0 Å². The van der Waals surface area contributed by atoms with Gasteiger partial charge in [0.2, 0.25) is 0 Å². The number of hydrogen-bond donors (Lipinski definition) is 9. The number of aromatic amines is 4. The third kappa shape index (κ3) is 21.1. The van der Waals surface area contributed by atoms with E-state index in [0.717, 1.165) is 81.9 Å². The molecule has 0 amide bonds. The summed E-state index contributed by atoms with van der Waals surface area (Å²) >= 11 is 0. The molecular formula is C80H92F3N5O10. The molecular weight excluding hydrogens is 1250 g/mol. The van der Waals surface area contributed by atoms with Gasteiger partial charge in [-0.3, -0.25) is 24.0 Å². The van der Waals surface area contributed by atoms with Crippen molar-refractivity contribution in [1.29, 1.82) is 0 Å². The highest BCUT2D eigenvalue weighted by Crippen LogP contribution is 2.34. The average molecular weight is 1340 g/mol. The smallest absolute Gasteiger partial charge is 0.262 e. The minimum absolute atomic E-state index is 0.0185. The molecule has 0 saturated heterocycles. The zero-order valence-electron chi connectivity index (χ0n) is 58.6. The highest BCUT2D eigenvalue weighted by Gasteiger charge is 2.22. The van der Waals surface area contributed by atoms with Crippen molar-refractivity contribution in [1.82, 2.24) is 24.5 Å². The summed E-state index contributed by atoms with van der Waals surface area (Å²) in [6, 6.07) is 39.0. The molecule has 10 rings (SSSR count). The van der Waals surface area contributed by atoms with Crippen LogP contribution in [0.2, 0.25) is 0 Å². The lowest BCUT2D eigenvalue weighted by molar-refractivity contribution is 0.470. The lowest BCUT2D eigenvalue weighted by Gasteiger charge is -2.14. The molecule has 0 fully saturated rings. The molecule has 15 nitrogen and oxygen atoms in total. The Morgan fingerprint density at radius 1 is 0.337 bits per heavy atom. The monoisotopic (exact) mass is 1340 g/mol. The fourth-order valence-corrected chi connectivity index (χ4v) is 11.2. The number of halogens is 3. The van der Waals surface area contributed by atoms with E-state index in [-0.39, 0.29) is 62.3 Å². The van der Waals surface area contributed by atoms with E-state index in [1.165, 1.54) is 24.3 Å². The molecule has 5 aromatic heterocycles. The number of aryl methyl sites for hydroxylation is 4. The fraction of sp³-hybridized carbons (Fsp3) is 0.312. The molecule has 0 aliphatic heterocycles. The second kappa shape index (κ2) is 34.5. The van der Waals surface area contributed by atoms with Crippen molar-refractivity contribution in [3.05, 3.63) is 259 Å². The number of rotatable bonds is 15. The van der Waals surface area contributed by atoms with Gasteiger partial charge in [0, 0.05) is 71.4 Å². The van der Waals surface area contributed by atoms with Gasteiger partial charge in [-0.1, -0.05) is 171 Å². The minimum Gasteiger partial charge on any atom is -0.507 e. The number of hydrogen-bond acceptors (Lipinski definition) is 10. The second-order valence-corrected chi connectivity index (χ2v) is 27.0. The van der Waals surface area contributed by atoms with Crippen LogP contribution < -0.4 is 27.8 Å². The molecule has 10 aromatic rings. The Labute approximate surface area is 570 Å². The minimum atomic E-state index is -0.870. The zero-order chi connectivity index (χ0) is 72.6. The molecule has 18 heteroatoms. The Kier molecular flexibility index (Phi) is 27.0. The molecule has 0 aliphatic rings. The number of aromatic hydroxyl groups is 5. The van der Waals surface area contributed by atoms with Gasteiger partial charge in [0.15, 0.2) is 0 Å². The fourth-order valence-electron chi connectivity index (χ4n) is 11.2. The number of H-pyrrole nitrogens is 4. The van der Waals surface area contributed by atoms with Crippen LogP contribution in [-0.4, -0.2) is 50.0 Å². The lowest BCUT2D eigenvalue weighted by atomic mass is 10.0. The van der Waals surface area contributed by atoms with Crippen molar-refractivity contribution < 1.29 is 38.7 Å². The van der Waals surface area contributed by atoms with Crippen LogP contribution in [0.25, 0.3) is 55.6 Å². The maximum Gasteiger partial charge on any atom is 0.262 e. The van der Waals surface area contributed by atoms with Gasteiger partial charge < -0.3 is 50.0 Å². The van der Waals surface area contributed by atoms with E-state index < -0.39 is 39.9 Å². The van der Waals surface area contributed by atoms with Gasteiger partial charge >= 0.3 is 0 Å². The highest BCUT2D eigenvalue weighted by atomic mass is 19.1. The summed E-state index contributed by atoms with van der Waals surface area (Å²) in [4.78, 5) is 71.8. The first-order chi connectivity index (χ1) is 46.1. The van der Waals surface area contributed by atoms with Crippen LogP contribution in [0.5, 0.6) is 28.7 Å². The van der Waals surface area contributed by atoms with Gasteiger partial charge in [0.1, 0.15) is 46.2 Å². The molecule has 98 heavy (non-hydrogen) atoms. The van der Waals surface area contributed by atoms with Crippen molar-refractivity contribution in [3.8, 4) is 84.4 Å². The number of nitrogens with one attached hydrogen (secondary N) is 4. The van der Waals surface area contributed by atoms with Crippen LogP contribution in [-0.2, 0) is 39.2 Å². The van der Waals surface area contributed by atoms with E-state index in [1.54, 1.807) is 49.7 Å². The Bertz CT molecular complexity index is 4680. The lowest BCUT2D eigenvalue weighted by Crippen LogP contribution is -2.22. The molecule has 0 bridgehead atoms. The summed E-state index contributed by atoms with van der Waals surface area (Å²) in [7, 11) is 1.76. The predicted octanol–water partition coefficient (Wildman–Crippen LogP) is 16.4. The topological polar surface area (TPSA) is 255 Å². The first kappa shape index (κ1) is 76.7. The summed E-state index contributed by atoms with van der Waals surface area (Å²) in [5.74, 6) is -0.780. The van der Waals surface area contributed by atoms with E-state index in [2.05, 4.69) is 61.5 Å². The van der Waals surface area contributed by atoms with Crippen LogP contribution in [0.15, 0.2) is 163 Å². The van der Waals surface area contributed by atoms with E-state index >= 15 is 0 Å². The van der Waals surface area contributed by atoms with Crippen molar-refractivity contribution in [2.75, 3.05) is 0 Å². The number of pyridine rings is 5. The van der Waals surface area contributed by atoms with Crippen LogP contribution in [0, 0.1) is 74.7 Å². The molecule has 0 radical (unpaired) electrons. The standard InChI is InChI=1S/C16H17F2NO2.C16H18FNO2.3C16H19NO2/c1-8(2)4-10-7-13(20)15(16(21)19-10)14-11(17)5-9(3)6-12(14)18;1-9(2)6-11-8-14(19)15(16(20)18-11)12-5-4-10(3)7-13(12)17;1-10(2)8-13-9-14(18)15(16(19)17-13)12-6-4-11(3)5-7-12;1-10(2)7-13-9-14(18)15(16(19)17-13)12-6-4-5-11(3)8-12;1-11(2)9-13-10-14(18)15(16(19)17(13)3)12-7-5-4-6-8-12/h5-8H,4H2,1-3H3,(H2,19,20,21);4-5,7-9H,6H2,1-3H3,(H2,18,19,20);4-7,9-10H,8H2,1-3H3,(H2,17,18,19);4-6,8-10H,7H2,1-3H3,(H2,17,18,19);4-8,10-11,18H,9H2,1-3H3. The molecule has 518 valence electrons. The molecule has 9 N–H and O–H groups in total. The summed E-state index contributed by atoms with van der Waals surface area (Å²) in [6.45, 7) is 27.7. The Balaban J connectivity index is 0.000000193. The van der Waals surface area contributed by atoms with E-state index in [1.807, 2.05) is 120 Å². The summed E-state index contributed by atoms with van der Waals surface area (Å²) < 4.78 is 43.5. The average Bonchev–Trinajstić information content (AvgIpc) is 0.823. The van der Waals surface area contributed by atoms with E-state index in [9.17, 15) is 62.7 Å². The molecule has 0 saturated carbocycles. The van der Waals surface area contributed by atoms with Crippen molar-refractivity contribution in [3.63, 3.8) is 0 Å². The summed E-state index contributed by atoms with van der Waals surface area (Å²) in [6.07, 6.45) is 3.48. The maximum absolute atomic E-state index is 14.0. The number of benzene rings is 5. The molecule has 5 heterocycles. The first-order valence-electron chi connectivity index (χ1n) is 32.8. The quantitative estimate of drug-likeness (QED) is 0.0469. The van der Waals surface area contributed by atoms with Gasteiger partial charge in [-0.25, -0.2) is 13.2 Å². The summed E-state index contributed by atoms with van der Waals surface area (Å²) in [5.41, 5.74) is 7.64. The van der Waals surface area contributed by atoms with Gasteiger partial charge in [-0.05, 0) is 135 Å². The predicted molar refractivity (Wildman–Crippen MR) is 387 cm³/mol. The summed E-state index contributed by atoms with van der Waals surface area (Å²) in [5, 5.41) is 50.4. The largest absolute Gasteiger partial charge is 0.507 e. The van der Waals surface area contributed by atoms with Crippen LogP contribution >= 0.6 is 0 Å². The number of aromatic nitrogens is 5. The Morgan fingerprint density at radius 3 is 1.10 bits per heavy atom. The normalized spacial score (nSPS) is 11.0. The zero-order valence-corrected chi connectivity index (χ0v) is 58.6. The molecule has 5 aromatic carbocycles. The van der Waals surface area contributed by atoms with Crippen LogP contribution in [0.4, 0.5) is 13.2 Å². The second-order valence-electron chi connectivity index (χ2n) is 27.0. The van der Waals surface area contributed by atoms with Gasteiger partial charge in [-0.2, -0.15) is 0 Å². The highest BCUT2D eigenvalue weighted by molar-refractivity contribution is 5.73. The third-order valence-corrected chi connectivity index (χ3v) is 15.5. The molecule has 0 atom stereocenters. The van der Waals surface area contributed by atoms with Gasteiger partial charge in [-0.15, -0.1) is 0 Å². The SMILES string of the molecule is CC(C)Cc1cc(O)c(-c2ccccc2)c(=O)n1C.Cc1cc(F)c(-c2c(O)cc(CC(C)C)[nH]c2=O)c(F)c1.Cc1ccc(-c2c(O)cc(CC(C)C)[nH]c2=O)c(F)c1.Cc1ccc(-c2c(O)cc(CC(C)C)[nH]c2=O)cc1.Cc1cccc(-c2c(O)cc(CC(C)C)[nH]c2=O)c1. The van der Waals surface area contributed by atoms with Crippen molar-refractivity contribution in [2.24, 2.45) is 36.6 Å². The Morgan fingerprint density at radius 2 is 0.694 bits per heavy atom. The third-order valence-electron chi connectivity index (χ3n) is 15.5. The van der Waals surface area contributed by atoms with Crippen molar-refractivity contribution >= 4 is 0 Å². The van der Waals surface area contributed by atoms with Crippen molar-refractivity contribution in [2.45, 2.75) is 129 Å².